The van der Waals surface area contributed by atoms with Gasteiger partial charge in [-0.25, -0.2) is 0 Å². The number of amides is 1. The van der Waals surface area contributed by atoms with Gasteiger partial charge < -0.3 is 15.4 Å². The first kappa shape index (κ1) is 22.4. The number of carbonyl (C=O) groups excluding carboxylic acids is 1. The smallest absolute Gasteiger partial charge is 0.251 e. The highest BCUT2D eigenvalue weighted by Gasteiger charge is 2.25. The van der Waals surface area contributed by atoms with Gasteiger partial charge in [-0.05, 0) is 31.0 Å². The maximum absolute atomic E-state index is 12.5. The number of rotatable bonds is 5. The third-order valence-electron chi connectivity index (χ3n) is 4.14. The number of ether oxygens (including phenoxy) is 1. The Bertz CT molecular complexity index is 662. The summed E-state index contributed by atoms with van der Waals surface area (Å²) in [4.78, 5) is 16.9. The molecule has 2 heterocycles. The molecule has 142 valence electrons. The number of nitrogens with zero attached hydrogens (tertiary/aromatic N) is 1. The number of aryl methyl sites for hydroxylation is 1. The summed E-state index contributed by atoms with van der Waals surface area (Å²) in [6.45, 7) is 3.96. The van der Waals surface area contributed by atoms with Crippen molar-refractivity contribution in [2.75, 3.05) is 19.7 Å². The van der Waals surface area contributed by atoms with Crippen molar-refractivity contribution in [1.29, 1.82) is 0 Å². The van der Waals surface area contributed by atoms with Crippen LogP contribution in [0.4, 0.5) is 0 Å². The van der Waals surface area contributed by atoms with Crippen LogP contribution in [0.3, 0.4) is 0 Å². The molecule has 26 heavy (non-hydrogen) atoms. The van der Waals surface area contributed by atoms with E-state index in [0.29, 0.717) is 19.6 Å². The molecule has 7 heteroatoms. The lowest BCUT2D eigenvalue weighted by Gasteiger charge is -2.26. The van der Waals surface area contributed by atoms with Gasteiger partial charge in [-0.3, -0.25) is 9.78 Å². The summed E-state index contributed by atoms with van der Waals surface area (Å²) in [5.74, 6) is -0.0926. The number of nitrogens with one attached hydrogen (secondary N) is 2. The second-order valence-corrected chi connectivity index (χ2v) is 6.07. The van der Waals surface area contributed by atoms with E-state index in [0.717, 1.165) is 12.2 Å². The van der Waals surface area contributed by atoms with Gasteiger partial charge in [-0.2, -0.15) is 0 Å². The maximum Gasteiger partial charge on any atom is 0.251 e. The van der Waals surface area contributed by atoms with Gasteiger partial charge in [0.1, 0.15) is 6.10 Å². The predicted octanol–water partition coefficient (Wildman–Crippen LogP) is 2.62. The van der Waals surface area contributed by atoms with Gasteiger partial charge in [-0.15, -0.1) is 24.8 Å². The fourth-order valence-corrected chi connectivity index (χ4v) is 2.77. The van der Waals surface area contributed by atoms with Crippen molar-refractivity contribution in [2.45, 2.75) is 25.5 Å². The van der Waals surface area contributed by atoms with Crippen LogP contribution in [-0.2, 0) is 16.0 Å². The van der Waals surface area contributed by atoms with Crippen LogP contribution in [0.15, 0.2) is 48.7 Å². The predicted molar refractivity (Wildman–Crippen MR) is 107 cm³/mol. The number of hydrogen-bond acceptors (Lipinski definition) is 4. The standard InChI is InChI=1S/C19H23N3O2.2ClH/c1-14-5-7-15(8-6-14)12-17(16-4-2-3-9-21-16)22-19(23)18-13-20-10-11-24-18;;/h2-9,17-18,20H,10-13H2,1H3,(H,22,23);2*1H. The molecule has 2 unspecified atom stereocenters. The van der Waals surface area contributed by atoms with E-state index < -0.39 is 6.10 Å². The second kappa shape index (κ2) is 11.1. The van der Waals surface area contributed by atoms with Crippen LogP contribution < -0.4 is 10.6 Å². The van der Waals surface area contributed by atoms with Crippen LogP contribution in [0, 0.1) is 6.92 Å². The molecule has 1 aromatic carbocycles. The van der Waals surface area contributed by atoms with Crippen LogP contribution in [0.1, 0.15) is 22.9 Å². The Morgan fingerprint density at radius 2 is 2.04 bits per heavy atom. The fourth-order valence-electron chi connectivity index (χ4n) is 2.77. The third-order valence-corrected chi connectivity index (χ3v) is 4.14. The van der Waals surface area contributed by atoms with E-state index in [1.54, 1.807) is 6.20 Å². The summed E-state index contributed by atoms with van der Waals surface area (Å²) < 4.78 is 5.55. The van der Waals surface area contributed by atoms with E-state index in [9.17, 15) is 4.79 Å². The lowest BCUT2D eigenvalue weighted by molar-refractivity contribution is -0.135. The minimum Gasteiger partial charge on any atom is -0.366 e. The normalized spacial score (nSPS) is 17.3. The monoisotopic (exact) mass is 397 g/mol. The highest BCUT2D eigenvalue weighted by molar-refractivity contribution is 5.85. The quantitative estimate of drug-likeness (QED) is 0.813. The second-order valence-electron chi connectivity index (χ2n) is 6.07. The first-order chi connectivity index (χ1) is 11.7. The molecule has 1 aliphatic rings. The van der Waals surface area contributed by atoms with Crippen LogP contribution in [0.5, 0.6) is 0 Å². The van der Waals surface area contributed by atoms with E-state index >= 15 is 0 Å². The van der Waals surface area contributed by atoms with E-state index in [-0.39, 0.29) is 36.8 Å². The molecule has 0 radical (unpaired) electrons. The van der Waals surface area contributed by atoms with Gasteiger partial charge in [-0.1, -0.05) is 35.9 Å². The average Bonchev–Trinajstić information content (AvgIpc) is 2.64. The number of hydrogen-bond donors (Lipinski definition) is 2. The van der Waals surface area contributed by atoms with Crippen molar-refractivity contribution in [3.63, 3.8) is 0 Å². The van der Waals surface area contributed by atoms with Crippen molar-refractivity contribution in [2.24, 2.45) is 0 Å². The first-order valence-corrected chi connectivity index (χ1v) is 8.31. The molecule has 1 aromatic heterocycles. The molecule has 0 saturated carbocycles. The number of halogens is 2. The Labute approximate surface area is 166 Å². The molecule has 2 aromatic rings. The largest absolute Gasteiger partial charge is 0.366 e. The minimum atomic E-state index is -0.442. The van der Waals surface area contributed by atoms with E-state index in [1.807, 2.05) is 18.2 Å². The van der Waals surface area contributed by atoms with Gasteiger partial charge in [0.2, 0.25) is 0 Å². The maximum atomic E-state index is 12.5. The van der Waals surface area contributed by atoms with Crippen LogP contribution in [-0.4, -0.2) is 36.7 Å². The Hall–Kier alpha value is -1.66. The molecule has 1 fully saturated rings. The van der Waals surface area contributed by atoms with Crippen molar-refractivity contribution in [1.82, 2.24) is 15.6 Å². The van der Waals surface area contributed by atoms with Crippen LogP contribution in [0.2, 0.25) is 0 Å². The molecule has 2 N–H and O–H groups in total. The Morgan fingerprint density at radius 3 is 2.65 bits per heavy atom. The zero-order valence-electron chi connectivity index (χ0n) is 14.7. The van der Waals surface area contributed by atoms with Gasteiger partial charge in [0.15, 0.2) is 0 Å². The topological polar surface area (TPSA) is 63.2 Å². The number of carbonyl (C=O) groups is 1. The highest BCUT2D eigenvalue weighted by atomic mass is 35.5. The summed E-state index contributed by atoms with van der Waals surface area (Å²) in [6.07, 6.45) is 2.01. The molecule has 0 aliphatic carbocycles. The SMILES string of the molecule is Cc1ccc(CC(NC(=O)C2CNCCO2)c2ccccn2)cc1.Cl.Cl. The van der Waals surface area contributed by atoms with Gasteiger partial charge in [0.25, 0.3) is 5.91 Å². The van der Waals surface area contributed by atoms with Crippen molar-refractivity contribution >= 4 is 30.7 Å². The minimum absolute atomic E-state index is 0. The van der Waals surface area contributed by atoms with Crippen LogP contribution >= 0.6 is 24.8 Å². The molecule has 0 spiro atoms. The van der Waals surface area contributed by atoms with E-state index in [1.165, 1.54) is 11.1 Å². The number of pyridine rings is 1. The molecule has 1 saturated heterocycles. The summed E-state index contributed by atoms with van der Waals surface area (Å²) in [5.41, 5.74) is 3.24. The summed E-state index contributed by atoms with van der Waals surface area (Å²) >= 11 is 0. The lowest BCUT2D eigenvalue weighted by atomic mass is 10.0. The lowest BCUT2D eigenvalue weighted by Crippen LogP contribution is -2.48. The number of morpholine rings is 1. The van der Waals surface area contributed by atoms with Gasteiger partial charge >= 0.3 is 0 Å². The first-order valence-electron chi connectivity index (χ1n) is 8.31. The molecule has 1 amide bonds. The molecule has 5 nitrogen and oxygen atoms in total. The summed E-state index contributed by atoms with van der Waals surface area (Å²) in [6, 6.07) is 13.9. The fraction of sp³-hybridized carbons (Fsp3) is 0.368. The van der Waals surface area contributed by atoms with E-state index in [4.69, 9.17) is 4.74 Å². The molecular formula is C19H25Cl2N3O2. The van der Waals surface area contributed by atoms with Gasteiger partial charge in [0.05, 0.1) is 18.3 Å². The number of benzene rings is 1. The molecule has 2 atom stereocenters. The van der Waals surface area contributed by atoms with E-state index in [2.05, 4.69) is 46.8 Å². The number of aromatic nitrogens is 1. The highest BCUT2D eigenvalue weighted by Crippen LogP contribution is 2.17. The zero-order valence-corrected chi connectivity index (χ0v) is 16.3. The van der Waals surface area contributed by atoms with Crippen molar-refractivity contribution < 1.29 is 9.53 Å². The zero-order chi connectivity index (χ0) is 16.8. The Morgan fingerprint density at radius 1 is 1.27 bits per heavy atom. The van der Waals surface area contributed by atoms with Crippen molar-refractivity contribution in [3.8, 4) is 0 Å². The van der Waals surface area contributed by atoms with Crippen LogP contribution in [0.25, 0.3) is 0 Å². The average molecular weight is 398 g/mol. The molecule has 0 bridgehead atoms. The third kappa shape index (κ3) is 6.25. The summed E-state index contributed by atoms with van der Waals surface area (Å²) in [7, 11) is 0. The molecule has 1 aliphatic heterocycles. The summed E-state index contributed by atoms with van der Waals surface area (Å²) in [5, 5.41) is 6.28. The molecule has 3 rings (SSSR count). The van der Waals surface area contributed by atoms with Gasteiger partial charge in [0, 0.05) is 19.3 Å². The Kier molecular flexibility index (Phi) is 9.59. The van der Waals surface area contributed by atoms with Crippen molar-refractivity contribution in [3.05, 3.63) is 65.5 Å². The molecular weight excluding hydrogens is 373 g/mol. The Balaban J connectivity index is 0.00000169.